The lowest BCUT2D eigenvalue weighted by atomic mass is 10.2. The lowest BCUT2D eigenvalue weighted by molar-refractivity contribution is 0.0853. The predicted octanol–water partition coefficient (Wildman–Crippen LogP) is -1.03. The Morgan fingerprint density at radius 1 is 1.47 bits per heavy atom. The Bertz CT molecular complexity index is 485. The van der Waals surface area contributed by atoms with Crippen LogP contribution in [0.5, 0.6) is 0 Å². The van der Waals surface area contributed by atoms with Crippen molar-refractivity contribution in [3.05, 3.63) is 32.6 Å². The van der Waals surface area contributed by atoms with Gasteiger partial charge in [-0.25, -0.2) is 4.79 Å². The first kappa shape index (κ1) is 11.6. The van der Waals surface area contributed by atoms with E-state index in [2.05, 4.69) is 10.3 Å². The summed E-state index contributed by atoms with van der Waals surface area (Å²) in [4.78, 5) is 37.8. The minimum Gasteiger partial charge on any atom is -0.376 e. The maximum absolute atomic E-state index is 11.6. The molecule has 3 N–H and O–H groups in total. The molecule has 1 fully saturated rings. The monoisotopic (exact) mass is 239 g/mol. The topological polar surface area (TPSA) is 104 Å². The van der Waals surface area contributed by atoms with Crippen LogP contribution in [0.4, 0.5) is 0 Å². The molecule has 0 aliphatic carbocycles. The molecular weight excluding hydrogens is 226 g/mol. The molecule has 92 valence electrons. The first-order valence-electron chi connectivity index (χ1n) is 5.38. The summed E-state index contributed by atoms with van der Waals surface area (Å²) in [6.07, 6.45) is 1.92. The minimum absolute atomic E-state index is 0.0210. The van der Waals surface area contributed by atoms with Gasteiger partial charge in [-0.3, -0.25) is 14.6 Å². The van der Waals surface area contributed by atoms with E-state index >= 15 is 0 Å². The molecule has 2 heterocycles. The fourth-order valence-corrected chi connectivity index (χ4v) is 1.70. The molecule has 1 aliphatic heterocycles. The maximum atomic E-state index is 11.6. The summed E-state index contributed by atoms with van der Waals surface area (Å²) in [5, 5.41) is 2.61. The van der Waals surface area contributed by atoms with Gasteiger partial charge in [0.05, 0.1) is 6.10 Å². The van der Waals surface area contributed by atoms with E-state index in [1.165, 1.54) is 0 Å². The number of hydrogen-bond acceptors (Lipinski definition) is 4. The number of ether oxygens (including phenoxy) is 1. The average Bonchev–Trinajstić information content (AvgIpc) is 2.77. The highest BCUT2D eigenvalue weighted by molar-refractivity contribution is 5.92. The van der Waals surface area contributed by atoms with Crippen LogP contribution in [0, 0.1) is 0 Å². The molecule has 0 saturated carbocycles. The predicted molar refractivity (Wildman–Crippen MR) is 59.0 cm³/mol. The number of H-pyrrole nitrogens is 2. The summed E-state index contributed by atoms with van der Waals surface area (Å²) in [6.45, 7) is 1.09. The Labute approximate surface area is 96.2 Å². The van der Waals surface area contributed by atoms with Crippen molar-refractivity contribution in [3.63, 3.8) is 0 Å². The minimum atomic E-state index is -0.695. The maximum Gasteiger partial charge on any atom is 0.326 e. The average molecular weight is 239 g/mol. The molecule has 1 atom stereocenters. The molecule has 0 aromatic carbocycles. The highest BCUT2D eigenvalue weighted by Gasteiger charge is 2.17. The van der Waals surface area contributed by atoms with Gasteiger partial charge in [-0.05, 0) is 12.8 Å². The Morgan fingerprint density at radius 2 is 2.29 bits per heavy atom. The zero-order valence-electron chi connectivity index (χ0n) is 9.12. The number of amides is 1. The van der Waals surface area contributed by atoms with Crippen LogP contribution in [0.25, 0.3) is 0 Å². The number of aromatic amines is 2. The van der Waals surface area contributed by atoms with Crippen LogP contribution in [-0.4, -0.2) is 35.1 Å². The van der Waals surface area contributed by atoms with Gasteiger partial charge in [0.15, 0.2) is 0 Å². The van der Waals surface area contributed by atoms with Crippen LogP contribution >= 0.6 is 0 Å². The van der Waals surface area contributed by atoms with Crippen LogP contribution < -0.4 is 16.6 Å². The molecule has 17 heavy (non-hydrogen) atoms. The Balaban J connectivity index is 1.99. The third kappa shape index (κ3) is 3.04. The van der Waals surface area contributed by atoms with E-state index in [1.54, 1.807) is 0 Å². The second-order valence-corrected chi connectivity index (χ2v) is 3.85. The van der Waals surface area contributed by atoms with Crippen LogP contribution in [0.2, 0.25) is 0 Å². The highest BCUT2D eigenvalue weighted by atomic mass is 16.5. The van der Waals surface area contributed by atoms with Crippen molar-refractivity contribution in [3.8, 4) is 0 Å². The van der Waals surface area contributed by atoms with Gasteiger partial charge in [0.2, 0.25) is 0 Å². The zero-order chi connectivity index (χ0) is 12.3. The lowest BCUT2D eigenvalue weighted by Crippen LogP contribution is -2.35. The summed E-state index contributed by atoms with van der Waals surface area (Å²) in [5.74, 6) is -0.483. The molecular formula is C10H13N3O4. The first-order chi connectivity index (χ1) is 8.15. The number of carbonyl (C=O) groups excluding carboxylic acids is 1. The quantitative estimate of drug-likeness (QED) is 0.627. The smallest absolute Gasteiger partial charge is 0.326 e. The Hall–Kier alpha value is -1.89. The van der Waals surface area contributed by atoms with Crippen molar-refractivity contribution in [2.45, 2.75) is 18.9 Å². The number of carbonyl (C=O) groups is 1. The fourth-order valence-electron chi connectivity index (χ4n) is 1.70. The van der Waals surface area contributed by atoms with Crippen LogP contribution in [0.15, 0.2) is 15.7 Å². The number of hydrogen-bond donors (Lipinski definition) is 3. The molecule has 7 heteroatoms. The van der Waals surface area contributed by atoms with Crippen molar-refractivity contribution in [1.29, 1.82) is 0 Å². The molecule has 1 unspecified atom stereocenters. The Morgan fingerprint density at radius 3 is 2.94 bits per heavy atom. The molecule has 1 aromatic heterocycles. The number of nitrogens with one attached hydrogen (secondary N) is 3. The molecule has 0 radical (unpaired) electrons. The molecule has 1 aliphatic rings. The van der Waals surface area contributed by atoms with Crippen molar-refractivity contribution < 1.29 is 9.53 Å². The molecule has 1 aromatic rings. The van der Waals surface area contributed by atoms with Crippen LogP contribution in [0.3, 0.4) is 0 Å². The van der Waals surface area contributed by atoms with Gasteiger partial charge < -0.3 is 15.0 Å². The largest absolute Gasteiger partial charge is 0.376 e. The molecule has 0 bridgehead atoms. The highest BCUT2D eigenvalue weighted by Crippen LogP contribution is 2.10. The van der Waals surface area contributed by atoms with Gasteiger partial charge in [0, 0.05) is 19.2 Å². The zero-order valence-corrected chi connectivity index (χ0v) is 9.12. The van der Waals surface area contributed by atoms with E-state index in [0.717, 1.165) is 18.9 Å². The summed E-state index contributed by atoms with van der Waals surface area (Å²) >= 11 is 0. The third-order valence-corrected chi connectivity index (χ3v) is 2.52. The SMILES string of the molecule is O=C(NCC1CCCO1)c1cc(=O)[nH]c(=O)[nH]1. The molecule has 0 spiro atoms. The number of aromatic nitrogens is 2. The van der Waals surface area contributed by atoms with Crippen molar-refractivity contribution >= 4 is 5.91 Å². The Kier molecular flexibility index (Phi) is 3.38. The summed E-state index contributed by atoms with van der Waals surface area (Å²) in [5.41, 5.74) is -1.34. The van der Waals surface area contributed by atoms with Gasteiger partial charge in [0.25, 0.3) is 11.5 Å². The van der Waals surface area contributed by atoms with E-state index in [0.29, 0.717) is 13.2 Å². The molecule has 7 nitrogen and oxygen atoms in total. The van der Waals surface area contributed by atoms with E-state index in [4.69, 9.17) is 4.74 Å². The van der Waals surface area contributed by atoms with Gasteiger partial charge in [-0.2, -0.15) is 0 Å². The lowest BCUT2D eigenvalue weighted by Gasteiger charge is -2.10. The first-order valence-corrected chi connectivity index (χ1v) is 5.38. The van der Waals surface area contributed by atoms with Gasteiger partial charge in [-0.15, -0.1) is 0 Å². The third-order valence-electron chi connectivity index (χ3n) is 2.52. The van der Waals surface area contributed by atoms with Gasteiger partial charge in [-0.1, -0.05) is 0 Å². The van der Waals surface area contributed by atoms with Crippen molar-refractivity contribution in [2.75, 3.05) is 13.2 Å². The van der Waals surface area contributed by atoms with Crippen LogP contribution in [-0.2, 0) is 4.74 Å². The molecule has 1 saturated heterocycles. The van der Waals surface area contributed by atoms with E-state index in [-0.39, 0.29) is 11.8 Å². The van der Waals surface area contributed by atoms with E-state index in [1.807, 2.05) is 4.98 Å². The van der Waals surface area contributed by atoms with Crippen molar-refractivity contribution in [1.82, 2.24) is 15.3 Å². The standard InChI is InChI=1S/C10H13N3O4/c14-8-4-7(12-10(16)13-8)9(15)11-5-6-2-1-3-17-6/h4,6H,1-3,5H2,(H,11,15)(H2,12,13,14,16). The second-order valence-electron chi connectivity index (χ2n) is 3.85. The van der Waals surface area contributed by atoms with E-state index in [9.17, 15) is 14.4 Å². The summed E-state index contributed by atoms with van der Waals surface area (Å²) < 4.78 is 5.33. The molecule has 2 rings (SSSR count). The molecule has 1 amide bonds. The van der Waals surface area contributed by atoms with Gasteiger partial charge >= 0.3 is 5.69 Å². The normalized spacial score (nSPS) is 19.2. The van der Waals surface area contributed by atoms with E-state index < -0.39 is 17.2 Å². The van der Waals surface area contributed by atoms with Gasteiger partial charge in [0.1, 0.15) is 5.69 Å². The summed E-state index contributed by atoms with van der Waals surface area (Å²) in [6, 6.07) is 1.05. The van der Waals surface area contributed by atoms with Crippen molar-refractivity contribution in [2.24, 2.45) is 0 Å². The van der Waals surface area contributed by atoms with Crippen LogP contribution in [0.1, 0.15) is 23.3 Å². The second kappa shape index (κ2) is 4.96. The fraction of sp³-hybridized carbons (Fsp3) is 0.500. The number of rotatable bonds is 3. The summed E-state index contributed by atoms with van der Waals surface area (Å²) in [7, 11) is 0.